The van der Waals surface area contributed by atoms with Gasteiger partial charge < -0.3 is 0 Å². The lowest BCUT2D eigenvalue weighted by atomic mass is 10.3. The summed E-state index contributed by atoms with van der Waals surface area (Å²) in [6.45, 7) is 0.233. The van der Waals surface area contributed by atoms with Gasteiger partial charge in [0.1, 0.15) is 6.33 Å². The van der Waals surface area contributed by atoms with E-state index in [-0.39, 0.29) is 12.1 Å². The van der Waals surface area contributed by atoms with Crippen LogP contribution in [0.2, 0.25) is 0 Å². The monoisotopic (exact) mass is 185 g/mol. The number of hydrogen-bond acceptors (Lipinski definition) is 3. The Kier molecular flexibility index (Phi) is 1.99. The van der Waals surface area contributed by atoms with Crippen LogP contribution < -0.4 is 5.56 Å². The zero-order chi connectivity index (χ0) is 9.97. The average molecular weight is 185 g/mol. The molecule has 4 heteroatoms. The number of fused-ring (bicyclic) bond motifs is 1. The smallest absolute Gasteiger partial charge is 0.263 e. The van der Waals surface area contributed by atoms with Gasteiger partial charge in [-0.05, 0) is 12.1 Å². The normalized spacial score (nSPS) is 9.93. The molecule has 0 aromatic carbocycles. The van der Waals surface area contributed by atoms with Crippen LogP contribution in [0.1, 0.15) is 0 Å². The van der Waals surface area contributed by atoms with Gasteiger partial charge in [0.2, 0.25) is 0 Å². The summed E-state index contributed by atoms with van der Waals surface area (Å²) in [6.07, 6.45) is 8.13. The van der Waals surface area contributed by atoms with Gasteiger partial charge >= 0.3 is 0 Å². The summed E-state index contributed by atoms with van der Waals surface area (Å²) in [5.41, 5.74) is 0.298. The van der Waals surface area contributed by atoms with Gasteiger partial charge in [-0.3, -0.25) is 9.36 Å². The molecule has 0 radical (unpaired) electrons. The molecular formula is C10H7N3O. The molecule has 0 saturated carbocycles. The van der Waals surface area contributed by atoms with Crippen molar-refractivity contribution in [2.45, 2.75) is 6.54 Å². The van der Waals surface area contributed by atoms with Crippen molar-refractivity contribution in [1.82, 2.24) is 14.5 Å². The van der Waals surface area contributed by atoms with Crippen molar-refractivity contribution in [2.75, 3.05) is 0 Å². The molecule has 0 spiro atoms. The first-order chi connectivity index (χ1) is 6.83. The first-order valence-electron chi connectivity index (χ1n) is 4.06. The molecule has 68 valence electrons. The van der Waals surface area contributed by atoms with Gasteiger partial charge in [-0.15, -0.1) is 6.42 Å². The third kappa shape index (κ3) is 1.25. The molecule has 0 N–H and O–H groups in total. The van der Waals surface area contributed by atoms with Crippen LogP contribution in [0, 0.1) is 12.3 Å². The minimum atomic E-state index is -0.152. The first-order valence-corrected chi connectivity index (χ1v) is 4.06. The molecule has 2 aromatic heterocycles. The van der Waals surface area contributed by atoms with E-state index in [0.717, 1.165) is 0 Å². The van der Waals surface area contributed by atoms with Crippen LogP contribution in [0.5, 0.6) is 0 Å². The summed E-state index contributed by atoms with van der Waals surface area (Å²) >= 11 is 0. The van der Waals surface area contributed by atoms with Gasteiger partial charge in [0.25, 0.3) is 5.56 Å². The quantitative estimate of drug-likeness (QED) is 0.605. The Morgan fingerprint density at radius 2 is 2.36 bits per heavy atom. The van der Waals surface area contributed by atoms with Crippen LogP contribution in [0.15, 0.2) is 29.5 Å². The fourth-order valence-electron chi connectivity index (χ4n) is 1.21. The second-order valence-corrected chi connectivity index (χ2v) is 2.76. The van der Waals surface area contributed by atoms with Crippen molar-refractivity contribution >= 4 is 11.0 Å². The van der Waals surface area contributed by atoms with Gasteiger partial charge in [0, 0.05) is 6.20 Å². The molecule has 0 aliphatic rings. The van der Waals surface area contributed by atoms with E-state index in [9.17, 15) is 4.79 Å². The zero-order valence-corrected chi connectivity index (χ0v) is 7.34. The van der Waals surface area contributed by atoms with Crippen LogP contribution in [0.4, 0.5) is 0 Å². The van der Waals surface area contributed by atoms with Gasteiger partial charge in [0.15, 0.2) is 5.65 Å². The van der Waals surface area contributed by atoms with Crippen molar-refractivity contribution in [3.05, 3.63) is 35.0 Å². The minimum Gasteiger partial charge on any atom is -0.287 e. The van der Waals surface area contributed by atoms with Crippen molar-refractivity contribution < 1.29 is 0 Å². The highest BCUT2D eigenvalue weighted by atomic mass is 16.1. The Labute approximate surface area is 80.2 Å². The molecule has 0 aliphatic heterocycles. The van der Waals surface area contributed by atoms with Crippen LogP contribution >= 0.6 is 0 Å². The number of nitrogens with zero attached hydrogens (tertiary/aromatic N) is 3. The summed E-state index contributed by atoms with van der Waals surface area (Å²) in [5, 5.41) is 0.491. The molecule has 4 nitrogen and oxygen atoms in total. The Morgan fingerprint density at radius 1 is 1.50 bits per heavy atom. The van der Waals surface area contributed by atoms with Gasteiger partial charge in [-0.2, -0.15) is 0 Å². The Balaban J connectivity index is 2.77. The first kappa shape index (κ1) is 8.45. The van der Waals surface area contributed by atoms with E-state index in [1.807, 2.05) is 0 Å². The van der Waals surface area contributed by atoms with Crippen LogP contribution in [-0.4, -0.2) is 14.5 Å². The third-order valence-corrected chi connectivity index (χ3v) is 1.86. The number of aromatic nitrogens is 3. The van der Waals surface area contributed by atoms with E-state index in [2.05, 4.69) is 15.9 Å². The molecule has 14 heavy (non-hydrogen) atoms. The predicted molar refractivity (Wildman–Crippen MR) is 52.6 cm³/mol. The maximum Gasteiger partial charge on any atom is 0.263 e. The van der Waals surface area contributed by atoms with E-state index in [1.165, 1.54) is 10.9 Å². The highest BCUT2D eigenvalue weighted by Gasteiger charge is 2.01. The highest BCUT2D eigenvalue weighted by Crippen LogP contribution is 2.00. The second kappa shape index (κ2) is 3.30. The topological polar surface area (TPSA) is 47.8 Å². The van der Waals surface area contributed by atoms with Gasteiger partial charge in [0.05, 0.1) is 11.9 Å². The number of hydrogen-bond donors (Lipinski definition) is 0. The molecule has 2 rings (SSSR count). The molecule has 0 atom stereocenters. The Bertz CT molecular complexity index is 565. The SMILES string of the molecule is C#CCn1cnc2ncccc2c1=O. The van der Waals surface area contributed by atoms with Crippen molar-refractivity contribution in [3.8, 4) is 12.3 Å². The van der Waals surface area contributed by atoms with Crippen LogP contribution in [0.25, 0.3) is 11.0 Å². The fourth-order valence-corrected chi connectivity index (χ4v) is 1.21. The number of terminal acetylenes is 1. The largest absolute Gasteiger partial charge is 0.287 e. The summed E-state index contributed by atoms with van der Waals surface area (Å²) in [7, 11) is 0. The summed E-state index contributed by atoms with van der Waals surface area (Å²) in [4.78, 5) is 19.7. The molecule has 0 saturated heterocycles. The average Bonchev–Trinajstić information content (AvgIpc) is 2.23. The molecule has 2 aromatic rings. The van der Waals surface area contributed by atoms with E-state index in [4.69, 9.17) is 6.42 Å². The molecular weight excluding hydrogens is 178 g/mol. The molecule has 0 amide bonds. The second-order valence-electron chi connectivity index (χ2n) is 2.76. The summed E-state index contributed by atoms with van der Waals surface area (Å²) in [6, 6.07) is 3.39. The predicted octanol–water partition coefficient (Wildman–Crippen LogP) is 0.425. The number of pyridine rings is 1. The maximum absolute atomic E-state index is 11.7. The lowest BCUT2D eigenvalue weighted by molar-refractivity contribution is 0.781. The zero-order valence-electron chi connectivity index (χ0n) is 7.34. The van der Waals surface area contributed by atoms with E-state index in [1.54, 1.807) is 18.3 Å². The van der Waals surface area contributed by atoms with Gasteiger partial charge in [-0.1, -0.05) is 5.92 Å². The van der Waals surface area contributed by atoms with E-state index < -0.39 is 0 Å². The molecule has 0 bridgehead atoms. The molecule has 0 unspecified atom stereocenters. The number of rotatable bonds is 1. The molecule has 0 fully saturated rings. The van der Waals surface area contributed by atoms with E-state index in [0.29, 0.717) is 11.0 Å². The Morgan fingerprint density at radius 3 is 3.14 bits per heavy atom. The summed E-state index contributed by atoms with van der Waals surface area (Å²) < 4.78 is 1.38. The molecule has 2 heterocycles. The summed E-state index contributed by atoms with van der Waals surface area (Å²) in [5.74, 6) is 2.39. The maximum atomic E-state index is 11.7. The van der Waals surface area contributed by atoms with Crippen LogP contribution in [0.3, 0.4) is 0 Å². The lowest BCUT2D eigenvalue weighted by Gasteiger charge is -2.00. The van der Waals surface area contributed by atoms with Crippen molar-refractivity contribution in [2.24, 2.45) is 0 Å². The van der Waals surface area contributed by atoms with E-state index >= 15 is 0 Å². The molecule has 0 aliphatic carbocycles. The highest BCUT2D eigenvalue weighted by molar-refractivity contribution is 5.72. The van der Waals surface area contributed by atoms with Crippen molar-refractivity contribution in [3.63, 3.8) is 0 Å². The minimum absolute atomic E-state index is 0.152. The van der Waals surface area contributed by atoms with Crippen LogP contribution in [-0.2, 0) is 6.54 Å². The third-order valence-electron chi connectivity index (χ3n) is 1.86. The van der Waals surface area contributed by atoms with Crippen molar-refractivity contribution in [1.29, 1.82) is 0 Å². The lowest BCUT2D eigenvalue weighted by Crippen LogP contribution is -2.20. The standard InChI is InChI=1S/C10H7N3O/c1-2-6-13-7-12-9-8(10(13)14)4-3-5-11-9/h1,3-5,7H,6H2. The fraction of sp³-hybridized carbons (Fsp3) is 0.100. The van der Waals surface area contributed by atoms with Gasteiger partial charge in [-0.25, -0.2) is 9.97 Å². The Hall–Kier alpha value is -2.15.